The van der Waals surface area contributed by atoms with E-state index >= 15 is 0 Å². The van der Waals surface area contributed by atoms with Crippen molar-refractivity contribution in [3.8, 4) is 11.5 Å². The summed E-state index contributed by atoms with van der Waals surface area (Å²) in [4.78, 5) is 12.3. The number of nitrogens with one attached hydrogen (secondary N) is 1. The molecule has 0 bridgehead atoms. The Balaban J connectivity index is 1.57. The van der Waals surface area contributed by atoms with Gasteiger partial charge in [-0.05, 0) is 37.3 Å². The number of hydrazone groups is 1. The van der Waals surface area contributed by atoms with Gasteiger partial charge in [0.05, 0.1) is 11.5 Å². The Labute approximate surface area is 149 Å². The van der Waals surface area contributed by atoms with Crippen LogP contribution in [0.15, 0.2) is 52.5 Å². The van der Waals surface area contributed by atoms with Crippen LogP contribution in [0, 0.1) is 5.82 Å². The quantitative estimate of drug-likeness (QED) is 0.505. The fraction of sp³-hybridized carbons (Fsp3) is 0.222. The SMILES string of the molecule is C/C(=N\NC(=O)CSc1ccccc1F)c1ccc2c(c1)OCCO2. The first-order chi connectivity index (χ1) is 12.1. The molecule has 2 aromatic rings. The van der Waals surface area contributed by atoms with E-state index in [1.165, 1.54) is 6.07 Å². The van der Waals surface area contributed by atoms with Gasteiger partial charge >= 0.3 is 0 Å². The van der Waals surface area contributed by atoms with E-state index in [0.717, 1.165) is 17.3 Å². The van der Waals surface area contributed by atoms with Gasteiger partial charge in [-0.3, -0.25) is 4.79 Å². The third-order valence-corrected chi connectivity index (χ3v) is 4.55. The Morgan fingerprint density at radius 3 is 2.76 bits per heavy atom. The topological polar surface area (TPSA) is 59.9 Å². The third kappa shape index (κ3) is 4.51. The molecule has 0 unspecified atom stereocenters. The van der Waals surface area contributed by atoms with Gasteiger partial charge in [0, 0.05) is 10.5 Å². The van der Waals surface area contributed by atoms with E-state index in [1.807, 2.05) is 18.2 Å². The molecule has 0 aromatic heterocycles. The highest BCUT2D eigenvalue weighted by atomic mass is 32.2. The lowest BCUT2D eigenvalue weighted by molar-refractivity contribution is -0.118. The molecule has 5 nitrogen and oxygen atoms in total. The molecule has 0 radical (unpaired) electrons. The normalized spacial score (nSPS) is 13.4. The van der Waals surface area contributed by atoms with E-state index in [0.29, 0.717) is 35.3 Å². The number of hydrogen-bond donors (Lipinski definition) is 1. The number of fused-ring (bicyclic) bond motifs is 1. The first-order valence-corrected chi connectivity index (χ1v) is 8.72. The maximum atomic E-state index is 13.5. The van der Waals surface area contributed by atoms with Crippen molar-refractivity contribution in [1.82, 2.24) is 5.43 Å². The van der Waals surface area contributed by atoms with Gasteiger partial charge in [-0.25, -0.2) is 9.82 Å². The van der Waals surface area contributed by atoms with Gasteiger partial charge < -0.3 is 9.47 Å². The van der Waals surface area contributed by atoms with E-state index < -0.39 is 0 Å². The minimum absolute atomic E-state index is 0.0822. The van der Waals surface area contributed by atoms with Crippen LogP contribution in [-0.2, 0) is 4.79 Å². The van der Waals surface area contributed by atoms with Crippen LogP contribution in [0.25, 0.3) is 0 Å². The number of benzene rings is 2. The number of amides is 1. The van der Waals surface area contributed by atoms with E-state index in [1.54, 1.807) is 25.1 Å². The average molecular weight is 360 g/mol. The van der Waals surface area contributed by atoms with Crippen LogP contribution >= 0.6 is 11.8 Å². The molecule has 1 aliphatic rings. The van der Waals surface area contributed by atoms with Crippen LogP contribution in [0.3, 0.4) is 0 Å². The average Bonchev–Trinajstić information content (AvgIpc) is 2.65. The summed E-state index contributed by atoms with van der Waals surface area (Å²) in [5.41, 5.74) is 3.95. The number of nitrogens with zero attached hydrogens (tertiary/aromatic N) is 1. The second-order valence-electron chi connectivity index (χ2n) is 5.31. The summed E-state index contributed by atoms with van der Waals surface area (Å²) < 4.78 is 24.5. The van der Waals surface area contributed by atoms with Gasteiger partial charge in [0.25, 0.3) is 0 Å². The van der Waals surface area contributed by atoms with Crippen molar-refractivity contribution in [3.05, 3.63) is 53.8 Å². The van der Waals surface area contributed by atoms with E-state index in [4.69, 9.17) is 9.47 Å². The molecule has 0 aliphatic carbocycles. The summed E-state index contributed by atoms with van der Waals surface area (Å²) in [6, 6.07) is 11.8. The summed E-state index contributed by atoms with van der Waals surface area (Å²) in [7, 11) is 0. The molecule has 0 fully saturated rings. The summed E-state index contributed by atoms with van der Waals surface area (Å²) in [5, 5.41) is 4.09. The van der Waals surface area contributed by atoms with Crippen LogP contribution in [-0.4, -0.2) is 30.6 Å². The highest BCUT2D eigenvalue weighted by molar-refractivity contribution is 8.00. The zero-order chi connectivity index (χ0) is 17.6. The largest absolute Gasteiger partial charge is 0.486 e. The maximum Gasteiger partial charge on any atom is 0.250 e. The van der Waals surface area contributed by atoms with Gasteiger partial charge in [-0.15, -0.1) is 11.8 Å². The van der Waals surface area contributed by atoms with Crippen LogP contribution in [0.4, 0.5) is 4.39 Å². The molecule has 7 heteroatoms. The number of halogens is 1. The van der Waals surface area contributed by atoms with Crippen molar-refractivity contribution in [2.24, 2.45) is 5.10 Å². The molecule has 0 saturated carbocycles. The second-order valence-corrected chi connectivity index (χ2v) is 6.33. The molecule has 25 heavy (non-hydrogen) atoms. The molecule has 1 heterocycles. The zero-order valence-electron chi connectivity index (χ0n) is 13.6. The molecule has 0 spiro atoms. The fourth-order valence-corrected chi connectivity index (χ4v) is 2.95. The standard InChI is InChI=1S/C18H17FN2O3S/c1-12(13-6-7-15-16(10-13)24-9-8-23-15)20-21-18(22)11-25-17-5-3-2-4-14(17)19/h2-7,10H,8-9,11H2,1H3,(H,21,22)/b20-12+. The minimum atomic E-state index is -0.337. The molecule has 0 saturated heterocycles. The summed E-state index contributed by atoms with van der Waals surface area (Å²) in [5.74, 6) is 0.813. The Bertz CT molecular complexity index is 811. The summed E-state index contributed by atoms with van der Waals surface area (Å²) >= 11 is 1.13. The van der Waals surface area contributed by atoms with Crippen LogP contribution in [0.5, 0.6) is 11.5 Å². The van der Waals surface area contributed by atoms with Crippen LogP contribution in [0.1, 0.15) is 12.5 Å². The van der Waals surface area contributed by atoms with Crippen molar-refractivity contribution in [3.63, 3.8) is 0 Å². The van der Waals surface area contributed by atoms with Crippen LogP contribution < -0.4 is 14.9 Å². The smallest absolute Gasteiger partial charge is 0.250 e. The van der Waals surface area contributed by atoms with Gasteiger partial charge in [0.2, 0.25) is 5.91 Å². The molecule has 3 rings (SSSR count). The predicted octanol–water partition coefficient (Wildman–Crippen LogP) is 3.23. The van der Waals surface area contributed by atoms with Crippen molar-refractivity contribution >= 4 is 23.4 Å². The number of hydrogen-bond acceptors (Lipinski definition) is 5. The Hall–Kier alpha value is -2.54. The van der Waals surface area contributed by atoms with Crippen molar-refractivity contribution in [2.75, 3.05) is 19.0 Å². The highest BCUT2D eigenvalue weighted by Gasteiger charge is 2.13. The van der Waals surface area contributed by atoms with Gasteiger partial charge in [-0.2, -0.15) is 5.10 Å². The first-order valence-electron chi connectivity index (χ1n) is 7.74. The molecule has 0 atom stereocenters. The van der Waals surface area contributed by atoms with Crippen LogP contribution in [0.2, 0.25) is 0 Å². The van der Waals surface area contributed by atoms with Gasteiger partial charge in [0.1, 0.15) is 19.0 Å². The first kappa shape index (κ1) is 17.3. The summed E-state index contributed by atoms with van der Waals surface area (Å²) in [6.07, 6.45) is 0. The van der Waals surface area contributed by atoms with Gasteiger partial charge in [0.15, 0.2) is 11.5 Å². The number of carbonyl (C=O) groups is 1. The molecular formula is C18H17FN2O3S. The van der Waals surface area contributed by atoms with E-state index in [9.17, 15) is 9.18 Å². The van der Waals surface area contributed by atoms with E-state index in [2.05, 4.69) is 10.5 Å². The summed E-state index contributed by atoms with van der Waals surface area (Å²) in [6.45, 7) is 2.83. The lowest BCUT2D eigenvalue weighted by atomic mass is 10.1. The molecule has 2 aromatic carbocycles. The molecular weight excluding hydrogens is 343 g/mol. The molecule has 1 N–H and O–H groups in total. The number of ether oxygens (including phenoxy) is 2. The Kier molecular flexibility index (Phi) is 5.55. The number of thioether (sulfide) groups is 1. The van der Waals surface area contributed by atoms with Crippen molar-refractivity contribution in [1.29, 1.82) is 0 Å². The predicted molar refractivity (Wildman–Crippen MR) is 94.9 cm³/mol. The highest BCUT2D eigenvalue weighted by Crippen LogP contribution is 2.30. The third-order valence-electron chi connectivity index (χ3n) is 3.50. The number of carbonyl (C=O) groups excluding carboxylic acids is 1. The maximum absolute atomic E-state index is 13.5. The zero-order valence-corrected chi connectivity index (χ0v) is 14.4. The lowest BCUT2D eigenvalue weighted by Crippen LogP contribution is -2.21. The van der Waals surface area contributed by atoms with Crippen molar-refractivity contribution in [2.45, 2.75) is 11.8 Å². The molecule has 130 valence electrons. The molecule has 1 amide bonds. The molecule has 1 aliphatic heterocycles. The van der Waals surface area contributed by atoms with Crippen molar-refractivity contribution < 1.29 is 18.7 Å². The second kappa shape index (κ2) is 8.02. The monoisotopic (exact) mass is 360 g/mol. The Morgan fingerprint density at radius 2 is 1.96 bits per heavy atom. The lowest BCUT2D eigenvalue weighted by Gasteiger charge is -2.18. The number of rotatable bonds is 5. The van der Waals surface area contributed by atoms with E-state index in [-0.39, 0.29) is 17.5 Å². The minimum Gasteiger partial charge on any atom is -0.486 e. The van der Waals surface area contributed by atoms with Gasteiger partial charge in [-0.1, -0.05) is 12.1 Å². The Morgan fingerprint density at radius 1 is 1.20 bits per heavy atom. The fourth-order valence-electron chi connectivity index (χ4n) is 2.22.